The highest BCUT2D eigenvalue weighted by Gasteiger charge is 1.98. The van der Waals surface area contributed by atoms with E-state index in [-0.39, 0.29) is 0 Å². The molecule has 3 heteroatoms. The van der Waals surface area contributed by atoms with Gasteiger partial charge in [-0.05, 0) is 12.1 Å². The first-order valence-corrected chi connectivity index (χ1v) is 5.01. The number of nitrogens with zero attached hydrogens (tertiary/aromatic N) is 1. The summed E-state index contributed by atoms with van der Waals surface area (Å²) in [6, 6.07) is 3.91. The largest absolute Gasteiger partial charge is 0.346 e. The Bertz CT molecular complexity index is 476. The van der Waals surface area contributed by atoms with Gasteiger partial charge in [0.2, 0.25) is 0 Å². The Morgan fingerprint density at radius 1 is 1.46 bits per heavy atom. The van der Waals surface area contributed by atoms with Crippen molar-refractivity contribution in [2.24, 2.45) is 0 Å². The molecule has 0 aromatic carbocycles. The lowest BCUT2D eigenvalue weighted by atomic mass is 10.2. The number of fused-ring (bicyclic) bond motifs is 1. The van der Waals surface area contributed by atoms with Crippen LogP contribution in [0.15, 0.2) is 24.5 Å². The van der Waals surface area contributed by atoms with Crippen LogP contribution in [0.3, 0.4) is 0 Å². The van der Waals surface area contributed by atoms with Gasteiger partial charge in [0.15, 0.2) is 0 Å². The zero-order chi connectivity index (χ0) is 9.10. The van der Waals surface area contributed by atoms with Gasteiger partial charge in [0.25, 0.3) is 0 Å². The van der Waals surface area contributed by atoms with Crippen LogP contribution in [0.25, 0.3) is 11.0 Å². The molecule has 2 nitrogen and oxygen atoms in total. The van der Waals surface area contributed by atoms with E-state index in [1.807, 2.05) is 18.3 Å². The molecule has 2 heterocycles. The van der Waals surface area contributed by atoms with Crippen LogP contribution >= 0.6 is 15.9 Å². The molecule has 2 rings (SSSR count). The predicted molar refractivity (Wildman–Crippen MR) is 56.8 cm³/mol. The molecule has 0 aliphatic heterocycles. The van der Waals surface area contributed by atoms with E-state index in [1.165, 1.54) is 0 Å². The number of hydrogen-bond donors (Lipinski definition) is 1. The number of pyridine rings is 1. The molecule has 0 atom stereocenters. The lowest BCUT2D eigenvalue weighted by molar-refractivity contribution is 1.32. The maximum absolute atomic E-state index is 4.17. The first kappa shape index (κ1) is 8.33. The van der Waals surface area contributed by atoms with Crippen LogP contribution in [-0.4, -0.2) is 15.3 Å². The fourth-order valence-electron chi connectivity index (χ4n) is 1.20. The predicted octanol–water partition coefficient (Wildman–Crippen LogP) is 2.31. The van der Waals surface area contributed by atoms with Gasteiger partial charge in [-0.3, -0.25) is 0 Å². The highest BCUT2D eigenvalue weighted by atomic mass is 79.9. The second kappa shape index (κ2) is 3.63. The number of halogens is 1. The summed E-state index contributed by atoms with van der Waals surface area (Å²) in [7, 11) is 0. The number of alkyl halides is 1. The van der Waals surface area contributed by atoms with E-state index in [2.05, 4.69) is 37.7 Å². The quantitative estimate of drug-likeness (QED) is 0.550. The van der Waals surface area contributed by atoms with Crippen molar-refractivity contribution in [3.05, 3.63) is 30.1 Å². The average molecular weight is 235 g/mol. The van der Waals surface area contributed by atoms with Crippen molar-refractivity contribution in [3.63, 3.8) is 0 Å². The second-order valence-electron chi connectivity index (χ2n) is 2.53. The van der Waals surface area contributed by atoms with Crippen LogP contribution in [-0.2, 0) is 0 Å². The van der Waals surface area contributed by atoms with Crippen LogP contribution in [0, 0.1) is 11.8 Å². The highest BCUT2D eigenvalue weighted by Crippen LogP contribution is 2.13. The maximum atomic E-state index is 4.17. The van der Waals surface area contributed by atoms with Crippen LogP contribution in [0.2, 0.25) is 0 Å². The van der Waals surface area contributed by atoms with Gasteiger partial charge < -0.3 is 4.98 Å². The van der Waals surface area contributed by atoms with Crippen molar-refractivity contribution in [1.82, 2.24) is 9.97 Å². The van der Waals surface area contributed by atoms with Crippen molar-refractivity contribution >= 4 is 27.0 Å². The fourth-order valence-corrected chi connectivity index (χ4v) is 1.34. The molecular weight excluding hydrogens is 228 g/mol. The third-order valence-corrected chi connectivity index (χ3v) is 2.03. The lowest BCUT2D eigenvalue weighted by Gasteiger charge is -1.91. The van der Waals surface area contributed by atoms with E-state index >= 15 is 0 Å². The number of aromatic nitrogens is 2. The molecule has 2 aromatic rings. The fraction of sp³-hybridized carbons (Fsp3) is 0.100. The van der Waals surface area contributed by atoms with Crippen LogP contribution < -0.4 is 0 Å². The summed E-state index contributed by atoms with van der Waals surface area (Å²) in [5.41, 5.74) is 1.91. The smallest absolute Gasteiger partial charge is 0.138 e. The molecule has 1 N–H and O–H groups in total. The van der Waals surface area contributed by atoms with Gasteiger partial charge in [0, 0.05) is 23.3 Å². The molecular formula is C10H7BrN2. The van der Waals surface area contributed by atoms with Gasteiger partial charge in [0.05, 0.1) is 5.33 Å². The topological polar surface area (TPSA) is 28.7 Å². The summed E-state index contributed by atoms with van der Waals surface area (Å²) >= 11 is 3.26. The molecule has 0 unspecified atom stereocenters. The first-order chi connectivity index (χ1) is 6.42. The number of nitrogens with one attached hydrogen (secondary N) is 1. The molecule has 13 heavy (non-hydrogen) atoms. The van der Waals surface area contributed by atoms with Crippen LogP contribution in [0.5, 0.6) is 0 Å². The van der Waals surface area contributed by atoms with Crippen molar-refractivity contribution in [3.8, 4) is 11.8 Å². The molecule has 64 valence electrons. The Balaban J connectivity index is 2.61. The molecule has 0 radical (unpaired) electrons. The van der Waals surface area contributed by atoms with Gasteiger partial charge in [0.1, 0.15) is 5.65 Å². The first-order valence-electron chi connectivity index (χ1n) is 3.89. The van der Waals surface area contributed by atoms with Crippen molar-refractivity contribution in [1.29, 1.82) is 0 Å². The Morgan fingerprint density at radius 3 is 3.23 bits per heavy atom. The van der Waals surface area contributed by atoms with E-state index in [4.69, 9.17) is 0 Å². The van der Waals surface area contributed by atoms with Crippen LogP contribution in [0.4, 0.5) is 0 Å². The third kappa shape index (κ3) is 1.58. The van der Waals surface area contributed by atoms with E-state index in [1.54, 1.807) is 6.20 Å². The number of rotatable bonds is 0. The SMILES string of the molecule is BrCC#Cc1ccnc2[nH]ccc12. The molecule has 0 saturated heterocycles. The van der Waals surface area contributed by atoms with Gasteiger partial charge in [-0.2, -0.15) is 0 Å². The summed E-state index contributed by atoms with van der Waals surface area (Å²) in [5, 5.41) is 1.78. The Kier molecular flexibility index (Phi) is 2.33. The van der Waals surface area contributed by atoms with E-state index in [9.17, 15) is 0 Å². The molecule has 0 spiro atoms. The second-order valence-corrected chi connectivity index (χ2v) is 3.09. The molecule has 0 fully saturated rings. The summed E-state index contributed by atoms with van der Waals surface area (Å²) in [4.78, 5) is 7.22. The van der Waals surface area contributed by atoms with E-state index < -0.39 is 0 Å². The van der Waals surface area contributed by atoms with Crippen LogP contribution in [0.1, 0.15) is 5.56 Å². The minimum atomic E-state index is 0.696. The molecule has 2 aromatic heterocycles. The number of aromatic amines is 1. The van der Waals surface area contributed by atoms with Crippen molar-refractivity contribution in [2.75, 3.05) is 5.33 Å². The minimum Gasteiger partial charge on any atom is -0.346 e. The number of H-pyrrole nitrogens is 1. The number of hydrogen-bond acceptors (Lipinski definition) is 1. The zero-order valence-corrected chi connectivity index (χ0v) is 8.43. The maximum Gasteiger partial charge on any atom is 0.138 e. The average Bonchev–Trinajstić information content (AvgIpc) is 2.62. The van der Waals surface area contributed by atoms with E-state index in [0.717, 1.165) is 16.6 Å². The normalized spacial score (nSPS) is 9.62. The summed E-state index contributed by atoms with van der Waals surface area (Å²) in [6.07, 6.45) is 3.63. The standard InChI is InChI=1S/C10H7BrN2/c11-5-1-2-8-3-6-12-10-9(8)4-7-13-10/h3-4,6-7H,5H2,(H,12,13). The van der Waals surface area contributed by atoms with Gasteiger partial charge >= 0.3 is 0 Å². The Hall–Kier alpha value is -1.27. The minimum absolute atomic E-state index is 0.696. The third-order valence-electron chi connectivity index (χ3n) is 1.75. The lowest BCUT2D eigenvalue weighted by Crippen LogP contribution is -1.80. The molecule has 0 aliphatic carbocycles. The van der Waals surface area contributed by atoms with Gasteiger partial charge in [-0.15, -0.1) is 0 Å². The summed E-state index contributed by atoms with van der Waals surface area (Å²) in [6.45, 7) is 0. The van der Waals surface area contributed by atoms with Gasteiger partial charge in [-0.25, -0.2) is 4.98 Å². The molecule has 0 aliphatic rings. The van der Waals surface area contributed by atoms with Crippen molar-refractivity contribution < 1.29 is 0 Å². The monoisotopic (exact) mass is 234 g/mol. The molecule has 0 amide bonds. The highest BCUT2D eigenvalue weighted by molar-refractivity contribution is 9.09. The van der Waals surface area contributed by atoms with Crippen molar-refractivity contribution in [2.45, 2.75) is 0 Å². The zero-order valence-electron chi connectivity index (χ0n) is 6.84. The molecule has 0 saturated carbocycles. The van der Waals surface area contributed by atoms with E-state index in [0.29, 0.717) is 5.33 Å². The Morgan fingerprint density at radius 2 is 2.38 bits per heavy atom. The molecule has 0 bridgehead atoms. The van der Waals surface area contributed by atoms with Gasteiger partial charge in [-0.1, -0.05) is 27.8 Å². The summed E-state index contributed by atoms with van der Waals surface area (Å²) < 4.78 is 0. The summed E-state index contributed by atoms with van der Waals surface area (Å²) in [5.74, 6) is 6.04. The Labute approximate surface area is 84.5 Å².